The second-order valence-corrected chi connectivity index (χ2v) is 6.72. The van der Waals surface area contributed by atoms with Crippen LogP contribution in [0.5, 0.6) is 11.5 Å². The average molecular weight is 364 g/mol. The lowest BCUT2D eigenvalue weighted by atomic mass is 10.1. The van der Waals surface area contributed by atoms with Crippen molar-refractivity contribution in [2.24, 2.45) is 4.99 Å². The molecule has 7 heteroatoms. The number of rotatable bonds is 1. The summed E-state index contributed by atoms with van der Waals surface area (Å²) >= 11 is 6.50. The molecule has 2 aromatic rings. The topological polar surface area (TPSA) is 28.1 Å². The van der Waals surface area contributed by atoms with E-state index in [0.717, 1.165) is 22.8 Å². The van der Waals surface area contributed by atoms with Crippen LogP contribution in [0, 0.1) is 0 Å². The minimum Gasteiger partial charge on any atom is -0.454 e. The third kappa shape index (κ3) is 2.97. The molecule has 0 unspecified atom stereocenters. The van der Waals surface area contributed by atoms with Crippen LogP contribution in [0.3, 0.4) is 0 Å². The molecule has 1 fully saturated rings. The smallest absolute Gasteiger partial charge is 0.153 e. The Morgan fingerprint density at radius 3 is 2.62 bits per heavy atom. The van der Waals surface area contributed by atoms with Gasteiger partial charge in [0.05, 0.1) is 5.56 Å². The zero-order valence-corrected chi connectivity index (χ0v) is 14.4. The number of hydrogen-bond donors (Lipinski definition) is 0. The maximum absolute atomic E-state index is 12.8. The van der Waals surface area contributed by atoms with Gasteiger partial charge in [0.25, 0.3) is 0 Å². The van der Waals surface area contributed by atoms with Gasteiger partial charge in [0.2, 0.25) is 0 Å². The summed E-state index contributed by atoms with van der Waals surface area (Å²) in [7, 11) is 0. The van der Waals surface area contributed by atoms with E-state index in [9.17, 15) is 3.89 Å². The summed E-state index contributed by atoms with van der Waals surface area (Å²) in [5.74, 6) is 2.26. The molecule has 4 nitrogen and oxygen atoms in total. The highest BCUT2D eigenvalue weighted by atomic mass is 35.5. The van der Waals surface area contributed by atoms with Crippen molar-refractivity contribution in [2.45, 2.75) is 0 Å². The van der Waals surface area contributed by atoms with Crippen LogP contribution >= 0.6 is 23.9 Å². The first-order chi connectivity index (χ1) is 11.7. The average Bonchev–Trinajstić information content (AvgIpc) is 2.78. The number of fused-ring (bicyclic) bond motifs is 2. The number of amidine groups is 1. The molecule has 0 atom stereocenters. The van der Waals surface area contributed by atoms with Crippen molar-refractivity contribution in [3.8, 4) is 11.5 Å². The van der Waals surface area contributed by atoms with Crippen molar-refractivity contribution in [3.05, 3.63) is 53.1 Å². The third-order valence-electron chi connectivity index (χ3n) is 4.13. The Labute approximate surface area is 149 Å². The molecule has 2 aliphatic rings. The Bertz CT molecular complexity index is 793. The first-order valence-corrected chi connectivity index (χ1v) is 8.74. The highest BCUT2D eigenvalue weighted by Gasteiger charge is 2.26. The van der Waals surface area contributed by atoms with Gasteiger partial charge < -0.3 is 9.64 Å². The van der Waals surface area contributed by atoms with E-state index in [1.165, 1.54) is 0 Å². The van der Waals surface area contributed by atoms with E-state index in [-0.39, 0.29) is 0 Å². The Morgan fingerprint density at radius 2 is 1.83 bits per heavy atom. The van der Waals surface area contributed by atoms with E-state index in [0.29, 0.717) is 49.3 Å². The molecular weight excluding hydrogens is 349 g/mol. The molecule has 0 aromatic heterocycles. The van der Waals surface area contributed by atoms with Crippen LogP contribution < -0.4 is 4.74 Å². The van der Waals surface area contributed by atoms with Crippen LogP contribution in [0.4, 0.5) is 9.57 Å². The monoisotopic (exact) mass is 363 g/mol. The van der Waals surface area contributed by atoms with Gasteiger partial charge in [-0.05, 0) is 30.3 Å². The molecular formula is C17H15ClFN3OS. The SMILES string of the molecule is FSN1CCN(C2=Nc3ccccc3Oc3ccc(Cl)cc32)CC1. The summed E-state index contributed by atoms with van der Waals surface area (Å²) in [6.07, 6.45) is 0. The van der Waals surface area contributed by atoms with Crippen molar-refractivity contribution in [3.63, 3.8) is 0 Å². The van der Waals surface area contributed by atoms with Gasteiger partial charge in [0, 0.05) is 31.2 Å². The summed E-state index contributed by atoms with van der Waals surface area (Å²) in [6, 6.07) is 13.2. The molecule has 4 rings (SSSR count). The Hall–Kier alpha value is -1.76. The molecule has 0 amide bonds. The van der Waals surface area contributed by atoms with Gasteiger partial charge in [-0.2, -0.15) is 0 Å². The van der Waals surface area contributed by atoms with E-state index in [1.807, 2.05) is 42.5 Å². The predicted molar refractivity (Wildman–Crippen MR) is 96.0 cm³/mol. The Balaban J connectivity index is 1.78. The quantitative estimate of drug-likeness (QED) is 0.688. The van der Waals surface area contributed by atoms with Crippen LogP contribution in [0.25, 0.3) is 0 Å². The van der Waals surface area contributed by atoms with E-state index in [2.05, 4.69) is 4.90 Å². The fourth-order valence-corrected chi connectivity index (χ4v) is 3.38. The molecule has 124 valence electrons. The van der Waals surface area contributed by atoms with Crippen molar-refractivity contribution in [1.29, 1.82) is 0 Å². The lowest BCUT2D eigenvalue weighted by molar-refractivity contribution is 0.278. The van der Waals surface area contributed by atoms with Crippen LogP contribution in [-0.4, -0.2) is 41.2 Å². The first kappa shape index (κ1) is 15.7. The van der Waals surface area contributed by atoms with Gasteiger partial charge in [-0.15, -0.1) is 3.89 Å². The number of para-hydroxylation sites is 2. The molecule has 2 heterocycles. The first-order valence-electron chi connectivity index (χ1n) is 7.69. The zero-order chi connectivity index (χ0) is 16.5. The number of aliphatic imine (C=N–C) groups is 1. The number of hydrogen-bond acceptors (Lipinski definition) is 5. The molecule has 0 aliphatic carbocycles. The van der Waals surface area contributed by atoms with Crippen molar-refractivity contribution in [1.82, 2.24) is 9.21 Å². The number of halogens is 2. The predicted octanol–water partition coefficient (Wildman–Crippen LogP) is 4.67. The second kappa shape index (κ2) is 6.63. The molecule has 0 N–H and O–H groups in total. The van der Waals surface area contributed by atoms with E-state index < -0.39 is 0 Å². The van der Waals surface area contributed by atoms with Crippen LogP contribution in [0.1, 0.15) is 5.56 Å². The standard InChI is InChI=1S/C17H15ClFN3OS/c18-12-5-6-15-13(11-12)17(21-7-9-22(24-19)10-8-21)20-14-3-1-2-4-16(14)23-15/h1-6,11H,7-10H2. The van der Waals surface area contributed by atoms with Gasteiger partial charge in [-0.25, -0.2) is 9.30 Å². The van der Waals surface area contributed by atoms with Gasteiger partial charge in [-0.1, -0.05) is 23.7 Å². The van der Waals surface area contributed by atoms with Gasteiger partial charge in [-0.3, -0.25) is 0 Å². The minimum atomic E-state index is 0.296. The van der Waals surface area contributed by atoms with Crippen molar-refractivity contribution >= 4 is 35.5 Å². The van der Waals surface area contributed by atoms with Crippen molar-refractivity contribution in [2.75, 3.05) is 26.2 Å². The molecule has 24 heavy (non-hydrogen) atoms. The zero-order valence-electron chi connectivity index (χ0n) is 12.8. The number of benzene rings is 2. The summed E-state index contributed by atoms with van der Waals surface area (Å²) < 4.78 is 20.5. The highest BCUT2D eigenvalue weighted by molar-refractivity contribution is 7.91. The van der Waals surface area contributed by atoms with Gasteiger partial charge in [0.15, 0.2) is 5.75 Å². The number of piperazine rings is 1. The van der Waals surface area contributed by atoms with E-state index in [4.69, 9.17) is 21.3 Å². The van der Waals surface area contributed by atoms with E-state index in [1.54, 1.807) is 4.31 Å². The lowest BCUT2D eigenvalue weighted by Crippen LogP contribution is -2.46. The Kier molecular flexibility index (Phi) is 4.35. The fourth-order valence-electron chi connectivity index (χ4n) is 2.90. The van der Waals surface area contributed by atoms with Crippen LogP contribution in [0.2, 0.25) is 5.02 Å². The minimum absolute atomic E-state index is 0.296. The molecule has 0 bridgehead atoms. The van der Waals surface area contributed by atoms with Crippen LogP contribution in [0.15, 0.2) is 47.5 Å². The number of ether oxygens (including phenoxy) is 1. The molecule has 2 aromatic carbocycles. The van der Waals surface area contributed by atoms with Gasteiger partial charge in [0.1, 0.15) is 29.6 Å². The second-order valence-electron chi connectivity index (χ2n) is 5.63. The largest absolute Gasteiger partial charge is 0.454 e. The molecule has 0 spiro atoms. The molecule has 0 radical (unpaired) electrons. The maximum atomic E-state index is 12.8. The Morgan fingerprint density at radius 1 is 1.04 bits per heavy atom. The van der Waals surface area contributed by atoms with Crippen molar-refractivity contribution < 1.29 is 8.62 Å². The molecule has 2 aliphatic heterocycles. The fraction of sp³-hybridized carbons (Fsp3) is 0.235. The maximum Gasteiger partial charge on any atom is 0.153 e. The molecule has 1 saturated heterocycles. The molecule has 0 saturated carbocycles. The van der Waals surface area contributed by atoms with Crippen LogP contribution in [-0.2, 0) is 0 Å². The number of nitrogens with zero attached hydrogens (tertiary/aromatic N) is 3. The summed E-state index contributed by atoms with van der Waals surface area (Å²) in [6.45, 7) is 2.67. The highest BCUT2D eigenvalue weighted by Crippen LogP contribution is 2.39. The van der Waals surface area contributed by atoms with E-state index >= 15 is 0 Å². The third-order valence-corrected chi connectivity index (χ3v) is 4.93. The normalized spacial score (nSPS) is 17.4. The summed E-state index contributed by atoms with van der Waals surface area (Å²) in [4.78, 5) is 7.00. The summed E-state index contributed by atoms with van der Waals surface area (Å²) in [5.41, 5.74) is 1.64. The lowest BCUT2D eigenvalue weighted by Gasteiger charge is -2.34. The van der Waals surface area contributed by atoms with Gasteiger partial charge >= 0.3 is 0 Å². The summed E-state index contributed by atoms with van der Waals surface area (Å²) in [5, 5.41) is 0.633.